The molecule has 2 aromatic heterocycles. The highest BCUT2D eigenvalue weighted by atomic mass is 79.9. The van der Waals surface area contributed by atoms with Gasteiger partial charge in [-0.05, 0) is 28.9 Å². The van der Waals surface area contributed by atoms with E-state index < -0.39 is 0 Å². The van der Waals surface area contributed by atoms with Gasteiger partial charge in [-0.25, -0.2) is 0 Å². The number of rotatable bonds is 4. The number of hydrogen-bond acceptors (Lipinski definition) is 4. The minimum absolute atomic E-state index is 0.0303. The van der Waals surface area contributed by atoms with Crippen molar-refractivity contribution in [1.29, 1.82) is 0 Å². The maximum atomic E-state index is 5.62. The van der Waals surface area contributed by atoms with E-state index in [1.54, 1.807) is 4.68 Å². The number of nitrogens with zero attached hydrogens (tertiary/aromatic N) is 4. The summed E-state index contributed by atoms with van der Waals surface area (Å²) < 4.78 is 4.66. The van der Waals surface area contributed by atoms with Gasteiger partial charge in [0.05, 0.1) is 27.6 Å². The van der Waals surface area contributed by atoms with Crippen LogP contribution in [0.4, 0.5) is 0 Å². The molecule has 2 rings (SSSR count). The van der Waals surface area contributed by atoms with Gasteiger partial charge in [0.1, 0.15) is 0 Å². The van der Waals surface area contributed by atoms with Crippen molar-refractivity contribution in [3.05, 3.63) is 33.8 Å². The van der Waals surface area contributed by atoms with E-state index in [0.29, 0.717) is 0 Å². The third-order valence-electron chi connectivity index (χ3n) is 2.95. The van der Waals surface area contributed by atoms with Gasteiger partial charge in [0.15, 0.2) is 0 Å². The number of aromatic nitrogens is 4. The zero-order valence-corrected chi connectivity index (χ0v) is 12.3. The van der Waals surface area contributed by atoms with E-state index in [2.05, 4.69) is 31.6 Å². The van der Waals surface area contributed by atoms with E-state index in [-0.39, 0.29) is 6.04 Å². The molecule has 2 aromatic rings. The summed E-state index contributed by atoms with van der Waals surface area (Å²) in [6.07, 6.45) is 2.63. The van der Waals surface area contributed by atoms with Gasteiger partial charge < -0.3 is 0 Å². The van der Waals surface area contributed by atoms with Crippen LogP contribution in [0.5, 0.6) is 0 Å². The quantitative estimate of drug-likeness (QED) is 0.652. The van der Waals surface area contributed by atoms with Crippen molar-refractivity contribution in [3.63, 3.8) is 0 Å². The predicted octanol–water partition coefficient (Wildman–Crippen LogP) is 0.972. The first-order valence-corrected chi connectivity index (χ1v) is 6.46. The molecule has 0 amide bonds. The van der Waals surface area contributed by atoms with Crippen LogP contribution in [-0.4, -0.2) is 19.6 Å². The van der Waals surface area contributed by atoms with Crippen molar-refractivity contribution in [1.82, 2.24) is 25.0 Å². The van der Waals surface area contributed by atoms with Gasteiger partial charge in [-0.1, -0.05) is 0 Å². The Labute approximate surface area is 114 Å². The number of hydrogen-bond donors (Lipinski definition) is 2. The molecule has 0 aliphatic carbocycles. The molecule has 0 bridgehead atoms. The van der Waals surface area contributed by atoms with Crippen LogP contribution in [0.2, 0.25) is 0 Å². The lowest BCUT2D eigenvalue weighted by molar-refractivity contribution is 0.510. The molecule has 1 atom stereocenters. The highest BCUT2D eigenvalue weighted by Gasteiger charge is 2.18. The van der Waals surface area contributed by atoms with E-state index in [1.165, 1.54) is 0 Å². The minimum Gasteiger partial charge on any atom is -0.275 e. The van der Waals surface area contributed by atoms with Gasteiger partial charge in [0.2, 0.25) is 0 Å². The van der Waals surface area contributed by atoms with E-state index in [4.69, 9.17) is 5.84 Å². The fourth-order valence-electron chi connectivity index (χ4n) is 1.96. The van der Waals surface area contributed by atoms with Gasteiger partial charge in [0, 0.05) is 26.7 Å². The van der Waals surface area contributed by atoms with Crippen molar-refractivity contribution in [2.75, 3.05) is 0 Å². The minimum atomic E-state index is -0.0303. The summed E-state index contributed by atoms with van der Waals surface area (Å²) in [6.45, 7) is 1.97. The van der Waals surface area contributed by atoms with Crippen molar-refractivity contribution >= 4 is 15.9 Å². The summed E-state index contributed by atoms with van der Waals surface area (Å²) >= 11 is 3.56. The molecule has 7 heteroatoms. The summed E-state index contributed by atoms with van der Waals surface area (Å²) in [5.74, 6) is 5.62. The van der Waals surface area contributed by atoms with Crippen molar-refractivity contribution in [3.8, 4) is 0 Å². The van der Waals surface area contributed by atoms with Gasteiger partial charge in [0.25, 0.3) is 0 Å². The lowest BCUT2D eigenvalue weighted by Crippen LogP contribution is -2.30. The molecule has 0 aromatic carbocycles. The number of aryl methyl sites for hydroxylation is 3. The molecular weight excluding hydrogens is 296 g/mol. The first kappa shape index (κ1) is 13.3. The molecular formula is C11H17BrN6. The zero-order valence-electron chi connectivity index (χ0n) is 10.7. The first-order chi connectivity index (χ1) is 8.52. The topological polar surface area (TPSA) is 73.7 Å². The predicted molar refractivity (Wildman–Crippen MR) is 72.6 cm³/mol. The van der Waals surface area contributed by atoms with Crippen LogP contribution < -0.4 is 11.3 Å². The van der Waals surface area contributed by atoms with Gasteiger partial charge >= 0.3 is 0 Å². The molecule has 2 heterocycles. The Kier molecular flexibility index (Phi) is 3.84. The third-order valence-corrected chi connectivity index (χ3v) is 3.98. The smallest absolute Gasteiger partial charge is 0.0811 e. The van der Waals surface area contributed by atoms with Gasteiger partial charge in [-0.15, -0.1) is 0 Å². The van der Waals surface area contributed by atoms with Gasteiger partial charge in [-0.2, -0.15) is 10.2 Å². The van der Waals surface area contributed by atoms with Crippen LogP contribution in [0.15, 0.2) is 16.7 Å². The molecule has 98 valence electrons. The summed E-state index contributed by atoms with van der Waals surface area (Å²) in [5, 5.41) is 8.75. The van der Waals surface area contributed by atoms with E-state index in [1.807, 2.05) is 38.0 Å². The second kappa shape index (κ2) is 5.21. The molecule has 0 radical (unpaired) electrons. The molecule has 0 fully saturated rings. The summed E-state index contributed by atoms with van der Waals surface area (Å²) in [6, 6.07) is 1.93. The summed E-state index contributed by atoms with van der Waals surface area (Å²) in [5.41, 5.74) is 5.80. The molecule has 0 aliphatic rings. The second-order valence-corrected chi connectivity index (χ2v) is 5.10. The highest BCUT2D eigenvalue weighted by Crippen LogP contribution is 2.25. The SMILES string of the molecule is Cc1nn(C)c(CC(NN)c2ccn(C)n2)c1Br. The number of halogens is 1. The van der Waals surface area contributed by atoms with Crippen LogP contribution in [0.1, 0.15) is 23.1 Å². The molecule has 0 spiro atoms. The Hall–Kier alpha value is -1.18. The molecule has 3 N–H and O–H groups in total. The van der Waals surface area contributed by atoms with Crippen molar-refractivity contribution < 1.29 is 0 Å². The number of nitrogens with one attached hydrogen (secondary N) is 1. The van der Waals surface area contributed by atoms with Crippen LogP contribution in [-0.2, 0) is 20.5 Å². The molecule has 18 heavy (non-hydrogen) atoms. The Balaban J connectivity index is 2.25. The van der Waals surface area contributed by atoms with E-state index in [0.717, 1.165) is 28.0 Å². The lowest BCUT2D eigenvalue weighted by Gasteiger charge is -2.14. The molecule has 0 saturated heterocycles. The highest BCUT2D eigenvalue weighted by molar-refractivity contribution is 9.10. The largest absolute Gasteiger partial charge is 0.275 e. The average Bonchev–Trinajstić information content (AvgIpc) is 2.84. The maximum absolute atomic E-state index is 5.62. The van der Waals surface area contributed by atoms with Crippen LogP contribution >= 0.6 is 15.9 Å². The van der Waals surface area contributed by atoms with Crippen LogP contribution in [0, 0.1) is 6.92 Å². The molecule has 6 nitrogen and oxygen atoms in total. The number of hydrazine groups is 1. The zero-order chi connectivity index (χ0) is 13.3. The number of nitrogens with two attached hydrogens (primary N) is 1. The van der Waals surface area contributed by atoms with E-state index in [9.17, 15) is 0 Å². The van der Waals surface area contributed by atoms with Crippen LogP contribution in [0.3, 0.4) is 0 Å². The summed E-state index contributed by atoms with van der Waals surface area (Å²) in [4.78, 5) is 0. The van der Waals surface area contributed by atoms with Crippen molar-refractivity contribution in [2.45, 2.75) is 19.4 Å². The Morgan fingerprint density at radius 2 is 2.17 bits per heavy atom. The lowest BCUT2D eigenvalue weighted by atomic mass is 10.1. The van der Waals surface area contributed by atoms with Crippen LogP contribution in [0.25, 0.3) is 0 Å². The first-order valence-electron chi connectivity index (χ1n) is 5.66. The third kappa shape index (κ3) is 2.47. The standard InChI is InChI=1S/C11H17BrN6/c1-7-11(12)10(18(3)15-7)6-9(14-13)8-4-5-17(2)16-8/h4-5,9,14H,6,13H2,1-3H3. The second-order valence-electron chi connectivity index (χ2n) is 4.31. The monoisotopic (exact) mass is 312 g/mol. The van der Waals surface area contributed by atoms with E-state index >= 15 is 0 Å². The fourth-order valence-corrected chi connectivity index (χ4v) is 2.46. The average molecular weight is 313 g/mol. The Morgan fingerprint density at radius 1 is 1.44 bits per heavy atom. The molecule has 0 aliphatic heterocycles. The van der Waals surface area contributed by atoms with Crippen molar-refractivity contribution in [2.24, 2.45) is 19.9 Å². The summed E-state index contributed by atoms with van der Waals surface area (Å²) in [7, 11) is 3.82. The molecule has 1 unspecified atom stereocenters. The fraction of sp³-hybridized carbons (Fsp3) is 0.455. The Morgan fingerprint density at radius 3 is 2.61 bits per heavy atom. The normalized spacial score (nSPS) is 12.9. The van der Waals surface area contributed by atoms with Gasteiger partial charge in [-0.3, -0.25) is 20.6 Å². The molecule has 0 saturated carbocycles. The maximum Gasteiger partial charge on any atom is 0.0811 e. The Bertz CT molecular complexity index is 544.